The average Bonchev–Trinajstić information content (AvgIpc) is 3.29. The number of nitrogens with zero attached hydrogens (tertiary/aromatic N) is 2. The number of amides is 1. The van der Waals surface area contributed by atoms with Gasteiger partial charge in [-0.2, -0.15) is 4.99 Å². The van der Waals surface area contributed by atoms with Gasteiger partial charge in [-0.3, -0.25) is 9.59 Å². The minimum atomic E-state index is -3.12. The van der Waals surface area contributed by atoms with Crippen LogP contribution in [0.15, 0.2) is 46.8 Å². The van der Waals surface area contributed by atoms with Crippen LogP contribution < -0.4 is 4.90 Å². The summed E-state index contributed by atoms with van der Waals surface area (Å²) < 4.78 is 24.2. The first-order valence-corrected chi connectivity index (χ1v) is 12.3. The number of anilines is 1. The monoisotopic (exact) mass is 434 g/mol. The van der Waals surface area contributed by atoms with E-state index in [1.165, 1.54) is 30.0 Å². The Labute approximate surface area is 171 Å². The summed E-state index contributed by atoms with van der Waals surface area (Å²) in [6.07, 6.45) is 0.229. The summed E-state index contributed by atoms with van der Waals surface area (Å²) in [5.74, 6) is -0.165. The summed E-state index contributed by atoms with van der Waals surface area (Å²) in [4.78, 5) is 31.1. The smallest absolute Gasteiger partial charge is 0.253 e. The Bertz CT molecular complexity index is 1040. The van der Waals surface area contributed by atoms with E-state index in [2.05, 4.69) is 4.99 Å². The maximum atomic E-state index is 12.5. The van der Waals surface area contributed by atoms with Gasteiger partial charge >= 0.3 is 0 Å². The van der Waals surface area contributed by atoms with Gasteiger partial charge in [-0.25, -0.2) is 8.42 Å². The maximum absolute atomic E-state index is 12.5. The number of carbonyl (C=O) groups is 2. The molecule has 6 nitrogen and oxygen atoms in total. The highest BCUT2D eigenvalue weighted by atomic mass is 32.2. The zero-order valence-electron chi connectivity index (χ0n) is 15.1. The van der Waals surface area contributed by atoms with Gasteiger partial charge in [0.1, 0.15) is 0 Å². The minimum absolute atomic E-state index is 0.0383. The first-order valence-electron chi connectivity index (χ1n) is 8.73. The molecule has 9 heteroatoms. The molecule has 0 bridgehead atoms. The van der Waals surface area contributed by atoms with Crippen LogP contribution in [0.25, 0.3) is 0 Å². The molecule has 2 aliphatic heterocycles. The van der Waals surface area contributed by atoms with Gasteiger partial charge in [0.15, 0.2) is 20.8 Å². The summed E-state index contributed by atoms with van der Waals surface area (Å²) >= 11 is 2.86. The third-order valence-corrected chi connectivity index (χ3v) is 8.83. The number of Topliss-reactive ketones (excluding diaryl/α,β-unsaturated/α-hetero) is 1. The Balaban J connectivity index is 1.66. The molecule has 0 spiro atoms. The zero-order valence-corrected chi connectivity index (χ0v) is 17.5. The molecule has 2 fully saturated rings. The Morgan fingerprint density at radius 1 is 1.18 bits per heavy atom. The molecule has 146 valence electrons. The number of carbonyl (C=O) groups excluding carboxylic acids is 2. The molecule has 3 heterocycles. The van der Waals surface area contributed by atoms with Crippen LogP contribution >= 0.6 is 23.1 Å². The zero-order chi connectivity index (χ0) is 19.9. The Morgan fingerprint density at radius 2 is 1.93 bits per heavy atom. The van der Waals surface area contributed by atoms with Gasteiger partial charge in [0.2, 0.25) is 0 Å². The van der Waals surface area contributed by atoms with Crippen molar-refractivity contribution in [3.05, 3.63) is 52.2 Å². The van der Waals surface area contributed by atoms with E-state index in [-0.39, 0.29) is 40.9 Å². The van der Waals surface area contributed by atoms with Gasteiger partial charge in [-0.1, -0.05) is 17.8 Å². The summed E-state index contributed by atoms with van der Waals surface area (Å²) in [7, 11) is -3.12. The van der Waals surface area contributed by atoms with Crippen LogP contribution in [0, 0.1) is 0 Å². The van der Waals surface area contributed by atoms with Gasteiger partial charge in [0.05, 0.1) is 24.0 Å². The number of sulfone groups is 1. The van der Waals surface area contributed by atoms with E-state index in [0.29, 0.717) is 10.7 Å². The number of amidine groups is 1. The predicted molar refractivity (Wildman–Crippen MR) is 113 cm³/mol. The first-order chi connectivity index (χ1) is 13.3. The van der Waals surface area contributed by atoms with Crippen molar-refractivity contribution in [1.82, 2.24) is 0 Å². The molecule has 0 saturated carbocycles. The molecule has 0 radical (unpaired) electrons. The quantitative estimate of drug-likeness (QED) is 0.688. The molecule has 0 N–H and O–H groups in total. The molecule has 2 saturated heterocycles. The highest BCUT2D eigenvalue weighted by molar-refractivity contribution is 8.16. The predicted octanol–water partition coefficient (Wildman–Crippen LogP) is 2.79. The number of benzene rings is 1. The van der Waals surface area contributed by atoms with E-state index >= 15 is 0 Å². The Morgan fingerprint density at radius 3 is 2.57 bits per heavy atom. The van der Waals surface area contributed by atoms with Crippen LogP contribution in [0.1, 0.15) is 22.2 Å². The Hall–Kier alpha value is -1.97. The molecule has 1 aromatic heterocycles. The number of ketones is 1. The molecule has 2 atom stereocenters. The fraction of sp³-hybridized carbons (Fsp3) is 0.316. The number of thioether (sulfide) groups is 1. The van der Waals surface area contributed by atoms with E-state index < -0.39 is 9.84 Å². The molecule has 2 aliphatic rings. The maximum Gasteiger partial charge on any atom is 0.253 e. The summed E-state index contributed by atoms with van der Waals surface area (Å²) in [6, 6.07) is 10.5. The van der Waals surface area contributed by atoms with Gasteiger partial charge in [-0.15, -0.1) is 11.3 Å². The lowest BCUT2D eigenvalue weighted by Gasteiger charge is -2.24. The molecule has 2 aromatic rings. The second-order valence-corrected chi connectivity index (χ2v) is 11.2. The largest absolute Gasteiger partial charge is 0.316 e. The number of rotatable bonds is 4. The second kappa shape index (κ2) is 7.46. The minimum Gasteiger partial charge on any atom is -0.316 e. The van der Waals surface area contributed by atoms with Crippen LogP contribution in [0.5, 0.6) is 0 Å². The molecular weight excluding hydrogens is 416 g/mol. The average molecular weight is 435 g/mol. The normalized spacial score (nSPS) is 24.5. The molecule has 28 heavy (non-hydrogen) atoms. The van der Waals surface area contributed by atoms with Gasteiger partial charge in [0.25, 0.3) is 5.91 Å². The van der Waals surface area contributed by atoms with E-state index in [1.54, 1.807) is 24.3 Å². The lowest BCUT2D eigenvalue weighted by atomic mass is 10.1. The van der Waals surface area contributed by atoms with Crippen LogP contribution in [-0.4, -0.2) is 48.1 Å². The second-order valence-electron chi connectivity index (χ2n) is 6.82. The van der Waals surface area contributed by atoms with Gasteiger partial charge in [0, 0.05) is 21.4 Å². The number of fused-ring (bicyclic) bond motifs is 1. The third-order valence-electron chi connectivity index (χ3n) is 4.74. The lowest BCUT2D eigenvalue weighted by Crippen LogP contribution is -2.37. The number of aliphatic imine (C=N–C) groups is 1. The fourth-order valence-electron chi connectivity index (χ4n) is 3.43. The van der Waals surface area contributed by atoms with Crippen LogP contribution in [-0.2, 0) is 21.1 Å². The number of thiophene rings is 1. The SMILES string of the molecule is CC(=O)c1ccc(N2C(=NC(=O)Cc3cccs3)SC3CS(=O)(=O)CC32)cc1. The highest BCUT2D eigenvalue weighted by Crippen LogP contribution is 2.41. The van der Waals surface area contributed by atoms with Crippen molar-refractivity contribution in [3.8, 4) is 0 Å². The highest BCUT2D eigenvalue weighted by Gasteiger charge is 2.49. The van der Waals surface area contributed by atoms with Crippen LogP contribution in [0.2, 0.25) is 0 Å². The molecule has 0 aliphatic carbocycles. The van der Waals surface area contributed by atoms with E-state index in [0.717, 1.165) is 10.6 Å². The summed E-state index contributed by atoms with van der Waals surface area (Å²) in [5.41, 5.74) is 1.32. The van der Waals surface area contributed by atoms with Crippen molar-refractivity contribution in [2.45, 2.75) is 24.6 Å². The van der Waals surface area contributed by atoms with Crippen molar-refractivity contribution >= 4 is 55.5 Å². The van der Waals surface area contributed by atoms with E-state index in [9.17, 15) is 18.0 Å². The van der Waals surface area contributed by atoms with Crippen molar-refractivity contribution in [3.63, 3.8) is 0 Å². The molecule has 1 amide bonds. The van der Waals surface area contributed by atoms with Crippen LogP contribution in [0.4, 0.5) is 5.69 Å². The summed E-state index contributed by atoms with van der Waals surface area (Å²) in [5, 5.41) is 2.30. The van der Waals surface area contributed by atoms with Crippen molar-refractivity contribution in [1.29, 1.82) is 0 Å². The van der Waals surface area contributed by atoms with Crippen molar-refractivity contribution in [2.24, 2.45) is 4.99 Å². The van der Waals surface area contributed by atoms with Crippen molar-refractivity contribution < 1.29 is 18.0 Å². The molecule has 4 rings (SSSR count). The number of hydrogen-bond donors (Lipinski definition) is 0. The van der Waals surface area contributed by atoms with Gasteiger partial charge in [-0.05, 0) is 42.6 Å². The van der Waals surface area contributed by atoms with Gasteiger partial charge < -0.3 is 4.90 Å². The van der Waals surface area contributed by atoms with Crippen LogP contribution in [0.3, 0.4) is 0 Å². The fourth-order valence-corrected chi connectivity index (χ4v) is 8.06. The topological polar surface area (TPSA) is 83.9 Å². The lowest BCUT2D eigenvalue weighted by molar-refractivity contribution is -0.117. The molecule has 2 unspecified atom stereocenters. The Kier molecular flexibility index (Phi) is 5.15. The number of hydrogen-bond acceptors (Lipinski definition) is 6. The van der Waals surface area contributed by atoms with Crippen molar-refractivity contribution in [2.75, 3.05) is 16.4 Å². The van der Waals surface area contributed by atoms with E-state index in [1.807, 2.05) is 22.4 Å². The van der Waals surface area contributed by atoms with E-state index in [4.69, 9.17) is 0 Å². The summed E-state index contributed by atoms with van der Waals surface area (Å²) in [6.45, 7) is 1.50. The first kappa shape index (κ1) is 19.4. The standard InChI is InChI=1S/C19H18N2O4S3/c1-12(22)13-4-6-14(7-5-13)21-16-10-28(24,25)11-17(16)27-19(21)20-18(23)9-15-3-2-8-26-15/h2-8,16-17H,9-11H2,1H3. The molecule has 1 aromatic carbocycles. The molecular formula is C19H18N2O4S3. The third kappa shape index (κ3) is 3.92.